The number of ketones is 1. The Kier molecular flexibility index (Phi) is 5.90. The van der Waals surface area contributed by atoms with Gasteiger partial charge < -0.3 is 5.11 Å². The Hall–Kier alpha value is -1.85. The van der Waals surface area contributed by atoms with Gasteiger partial charge in [-0.25, -0.2) is 0 Å². The number of Topliss-reactive ketones (excluding diaryl/α,β-unsaturated/α-hetero) is 1. The van der Waals surface area contributed by atoms with Crippen molar-refractivity contribution in [1.29, 1.82) is 0 Å². The first-order valence-electron chi connectivity index (χ1n) is 4.91. The number of aliphatic hydroxyl groups excluding tert-OH is 1. The van der Waals surface area contributed by atoms with Gasteiger partial charge in [-0.1, -0.05) is 18.1 Å². The molecule has 90 valence electrons. The second kappa shape index (κ2) is 7.47. The zero-order valence-corrected chi connectivity index (χ0v) is 11.0. The number of hydrogen-bond acceptors (Lipinski definition) is 4. The van der Waals surface area contributed by atoms with Crippen LogP contribution in [0.4, 0.5) is 0 Å². The van der Waals surface area contributed by atoms with Crippen LogP contribution in [0.1, 0.15) is 20.7 Å². The maximum atomic E-state index is 10.6. The van der Waals surface area contributed by atoms with Crippen LogP contribution in [0, 0.1) is 24.7 Å². The maximum absolute atomic E-state index is 10.6. The number of carbonyl (C=O) groups is 1. The summed E-state index contributed by atoms with van der Waals surface area (Å²) in [5.74, 6) is 4.04. The van der Waals surface area contributed by atoms with E-state index < -0.39 is 6.10 Å². The van der Waals surface area contributed by atoms with Gasteiger partial charge in [-0.05, 0) is 28.8 Å². The first-order valence-corrected chi connectivity index (χ1v) is 6.67. The molecule has 0 fully saturated rings. The van der Waals surface area contributed by atoms with E-state index in [4.69, 9.17) is 18.0 Å². The highest BCUT2D eigenvalue weighted by Crippen LogP contribution is 2.16. The van der Waals surface area contributed by atoms with Crippen molar-refractivity contribution in [3.63, 3.8) is 0 Å². The molecule has 0 saturated carbocycles. The molecular formula is C14H10O2S2. The van der Waals surface area contributed by atoms with Crippen LogP contribution in [0.5, 0.6) is 0 Å². The average molecular weight is 274 g/mol. The van der Waals surface area contributed by atoms with Crippen LogP contribution in [0.3, 0.4) is 0 Å². The van der Waals surface area contributed by atoms with Gasteiger partial charge in [-0.15, -0.1) is 35.5 Å². The third-order valence-corrected chi connectivity index (χ3v) is 3.64. The Morgan fingerprint density at radius 3 is 2.33 bits per heavy atom. The Bertz CT molecular complexity index is 554. The van der Waals surface area contributed by atoms with Crippen LogP contribution in [0.2, 0.25) is 0 Å². The van der Waals surface area contributed by atoms with Crippen LogP contribution in [-0.4, -0.2) is 10.9 Å². The summed E-state index contributed by atoms with van der Waals surface area (Å²) in [4.78, 5) is 12.1. The summed E-state index contributed by atoms with van der Waals surface area (Å²) in [6, 6.07) is 7.19. The van der Waals surface area contributed by atoms with Crippen molar-refractivity contribution >= 4 is 28.5 Å². The fourth-order valence-corrected chi connectivity index (χ4v) is 2.30. The van der Waals surface area contributed by atoms with E-state index >= 15 is 0 Å². The lowest BCUT2D eigenvalue weighted by molar-refractivity contribution is 0.106. The van der Waals surface area contributed by atoms with Gasteiger partial charge >= 0.3 is 0 Å². The number of terminal acetylenes is 2. The summed E-state index contributed by atoms with van der Waals surface area (Å²) >= 11 is 2.83. The summed E-state index contributed by atoms with van der Waals surface area (Å²) in [7, 11) is 0. The van der Waals surface area contributed by atoms with Crippen molar-refractivity contribution in [2.75, 3.05) is 0 Å². The minimum atomic E-state index is -0.718. The third-order valence-electron chi connectivity index (χ3n) is 1.85. The molecule has 0 aromatic carbocycles. The molecule has 1 unspecified atom stereocenters. The largest absolute Gasteiger partial charge is 0.375 e. The molecule has 2 nitrogen and oxygen atoms in total. The van der Waals surface area contributed by atoms with Gasteiger partial charge in [0.2, 0.25) is 5.78 Å². The topological polar surface area (TPSA) is 37.3 Å². The van der Waals surface area contributed by atoms with Crippen LogP contribution in [0.25, 0.3) is 0 Å². The third kappa shape index (κ3) is 4.20. The van der Waals surface area contributed by atoms with Crippen LogP contribution < -0.4 is 0 Å². The Morgan fingerprint density at radius 1 is 1.22 bits per heavy atom. The molecule has 4 heteroatoms. The van der Waals surface area contributed by atoms with Gasteiger partial charge in [0, 0.05) is 4.88 Å². The molecule has 1 atom stereocenters. The quantitative estimate of drug-likeness (QED) is 0.519. The van der Waals surface area contributed by atoms with Crippen molar-refractivity contribution < 1.29 is 9.90 Å². The minimum absolute atomic E-state index is 0.231. The molecule has 2 aromatic rings. The van der Waals surface area contributed by atoms with Gasteiger partial charge in [-0.3, -0.25) is 4.79 Å². The van der Waals surface area contributed by atoms with Gasteiger partial charge in [0.15, 0.2) is 0 Å². The molecule has 0 bridgehead atoms. The number of hydrogen-bond donors (Lipinski definition) is 1. The monoisotopic (exact) mass is 274 g/mol. The summed E-state index contributed by atoms with van der Waals surface area (Å²) in [6.07, 6.45) is 9.12. The van der Waals surface area contributed by atoms with E-state index in [2.05, 4.69) is 5.92 Å². The van der Waals surface area contributed by atoms with E-state index in [1.165, 1.54) is 22.7 Å². The van der Waals surface area contributed by atoms with Crippen LogP contribution >= 0.6 is 22.7 Å². The van der Waals surface area contributed by atoms with Crippen LogP contribution in [-0.2, 0) is 0 Å². The molecule has 0 saturated heterocycles. The number of thiophene rings is 2. The second-order valence-corrected chi connectivity index (χ2v) is 4.96. The van der Waals surface area contributed by atoms with Gasteiger partial charge in [0.05, 0.1) is 4.88 Å². The zero-order chi connectivity index (χ0) is 13.4. The highest BCUT2D eigenvalue weighted by atomic mass is 32.1. The lowest BCUT2D eigenvalue weighted by atomic mass is 10.3. The lowest BCUT2D eigenvalue weighted by Gasteiger charge is -1.94. The van der Waals surface area contributed by atoms with Crippen molar-refractivity contribution in [2.45, 2.75) is 6.10 Å². The summed E-state index contributed by atoms with van der Waals surface area (Å²) in [5, 5.41) is 12.7. The molecule has 2 heterocycles. The molecule has 0 aliphatic heterocycles. The molecule has 0 aliphatic carbocycles. The molecule has 2 aromatic heterocycles. The van der Waals surface area contributed by atoms with E-state index in [1.807, 2.05) is 28.8 Å². The normalized spacial score (nSPS) is 10.4. The maximum Gasteiger partial charge on any atom is 0.245 e. The van der Waals surface area contributed by atoms with Crippen molar-refractivity contribution in [3.8, 4) is 24.7 Å². The van der Waals surface area contributed by atoms with E-state index in [1.54, 1.807) is 12.1 Å². The Morgan fingerprint density at radius 2 is 1.89 bits per heavy atom. The number of rotatable bonds is 2. The predicted molar refractivity (Wildman–Crippen MR) is 75.6 cm³/mol. The molecule has 1 N–H and O–H groups in total. The first kappa shape index (κ1) is 14.2. The van der Waals surface area contributed by atoms with E-state index in [9.17, 15) is 4.79 Å². The summed E-state index contributed by atoms with van der Waals surface area (Å²) in [5.41, 5.74) is 0. The standard InChI is InChI=1S/C7H6OS.C7H4OS/c2*1-2-6(8)7-4-3-5-9-7/h1,3-6,8H;1,3-5H. The molecule has 0 radical (unpaired) electrons. The summed E-state index contributed by atoms with van der Waals surface area (Å²) in [6.45, 7) is 0. The molecule has 2 rings (SSSR count). The first-order chi connectivity index (χ1) is 8.69. The smallest absolute Gasteiger partial charge is 0.245 e. The molecule has 0 spiro atoms. The van der Waals surface area contributed by atoms with Crippen molar-refractivity contribution in [3.05, 3.63) is 44.8 Å². The lowest BCUT2D eigenvalue weighted by Crippen LogP contribution is -1.87. The minimum Gasteiger partial charge on any atom is -0.375 e. The fraction of sp³-hybridized carbons (Fsp3) is 0.0714. The van der Waals surface area contributed by atoms with Crippen molar-refractivity contribution in [1.82, 2.24) is 0 Å². The SMILES string of the molecule is C#CC(=O)c1cccs1.C#CC(O)c1cccs1. The van der Waals surface area contributed by atoms with Crippen LogP contribution in [0.15, 0.2) is 35.0 Å². The highest BCUT2D eigenvalue weighted by molar-refractivity contribution is 7.12. The molecule has 0 aliphatic rings. The van der Waals surface area contributed by atoms with E-state index in [-0.39, 0.29) is 5.78 Å². The van der Waals surface area contributed by atoms with Gasteiger partial charge in [0.25, 0.3) is 0 Å². The predicted octanol–water partition coefficient (Wildman–Crippen LogP) is 2.98. The average Bonchev–Trinajstić information content (AvgIpc) is 3.09. The second-order valence-electron chi connectivity index (χ2n) is 3.04. The highest BCUT2D eigenvalue weighted by Gasteiger charge is 2.01. The van der Waals surface area contributed by atoms with Gasteiger partial charge in [-0.2, -0.15) is 0 Å². The Labute approximate surface area is 114 Å². The van der Waals surface area contributed by atoms with E-state index in [0.29, 0.717) is 4.88 Å². The number of carbonyl (C=O) groups excluding carboxylic acids is 1. The van der Waals surface area contributed by atoms with Crippen molar-refractivity contribution in [2.24, 2.45) is 0 Å². The molecular weight excluding hydrogens is 264 g/mol. The zero-order valence-electron chi connectivity index (χ0n) is 9.37. The van der Waals surface area contributed by atoms with E-state index in [0.717, 1.165) is 4.88 Å². The fourth-order valence-electron chi connectivity index (χ4n) is 1.01. The Balaban J connectivity index is 0.000000180. The molecule has 18 heavy (non-hydrogen) atoms. The van der Waals surface area contributed by atoms with Gasteiger partial charge in [0.1, 0.15) is 6.10 Å². The number of aliphatic hydroxyl groups is 1. The molecule has 0 amide bonds. The summed E-state index contributed by atoms with van der Waals surface area (Å²) < 4.78 is 0.